The summed E-state index contributed by atoms with van der Waals surface area (Å²) in [4.78, 5) is 11.1. The molecule has 206 valence electrons. The summed E-state index contributed by atoms with van der Waals surface area (Å²) in [5, 5.41) is 10.6. The molecule has 38 heavy (non-hydrogen) atoms. The molecule has 2 rings (SSSR count). The van der Waals surface area contributed by atoms with Crippen LogP contribution in [0.4, 0.5) is 18.9 Å². The Bertz CT molecular complexity index is 1210. The number of anilines is 1. The number of aliphatic carboxylic acids is 1. The van der Waals surface area contributed by atoms with Crippen LogP contribution in [0, 0.1) is 5.92 Å². The van der Waals surface area contributed by atoms with Crippen molar-refractivity contribution in [3.63, 3.8) is 0 Å². The van der Waals surface area contributed by atoms with Gasteiger partial charge >= 0.3 is 12.1 Å². The van der Waals surface area contributed by atoms with Crippen LogP contribution in [0.3, 0.4) is 0 Å². The van der Waals surface area contributed by atoms with E-state index in [1.165, 1.54) is 17.5 Å². The van der Waals surface area contributed by atoms with Gasteiger partial charge in [-0.15, -0.1) is 0 Å². The van der Waals surface area contributed by atoms with Gasteiger partial charge in [-0.1, -0.05) is 76.6 Å². The van der Waals surface area contributed by atoms with Gasteiger partial charge < -0.3 is 9.83 Å². The topological polar surface area (TPSA) is 66.4 Å². The largest absolute Gasteiger partial charge is 0.481 e. The van der Waals surface area contributed by atoms with E-state index in [-0.39, 0.29) is 17.8 Å². The maximum Gasteiger partial charge on any atom is 0.416 e. The molecule has 0 radical (unpaired) electrons. The molecular formula is C30H36F3NO3S. The number of hydrogen-bond donors (Lipinski definition) is 2. The predicted molar refractivity (Wildman–Crippen MR) is 150 cm³/mol. The molecule has 2 aromatic carbocycles. The van der Waals surface area contributed by atoms with Crippen LogP contribution in [0.5, 0.6) is 0 Å². The number of carboxylic acids is 1. The number of carboxylic acid groups (broad SMARTS) is 1. The highest BCUT2D eigenvalue weighted by atomic mass is 32.2. The molecule has 2 aromatic rings. The number of carbonyl (C=O) groups is 1. The molecule has 0 fully saturated rings. The first-order valence-electron chi connectivity index (χ1n) is 12.5. The third-order valence-corrected chi connectivity index (χ3v) is 6.87. The summed E-state index contributed by atoms with van der Waals surface area (Å²) in [6, 6.07) is 10.5. The van der Waals surface area contributed by atoms with E-state index in [1.54, 1.807) is 18.2 Å². The van der Waals surface area contributed by atoms with Gasteiger partial charge in [0.15, 0.2) is 0 Å². The Hall–Kier alpha value is -3.13. The first-order chi connectivity index (χ1) is 17.7. The molecule has 2 atom stereocenters. The van der Waals surface area contributed by atoms with E-state index < -0.39 is 28.7 Å². The minimum absolute atomic E-state index is 0.0181. The van der Waals surface area contributed by atoms with Gasteiger partial charge in [0.25, 0.3) is 0 Å². The Morgan fingerprint density at radius 2 is 1.68 bits per heavy atom. The maximum absolute atomic E-state index is 12.9. The van der Waals surface area contributed by atoms with E-state index >= 15 is 0 Å². The minimum atomic E-state index is -4.39. The smallest absolute Gasteiger partial charge is 0.416 e. The number of halogens is 3. The molecule has 2 N–H and O–H groups in total. The maximum atomic E-state index is 12.9. The average molecular weight is 548 g/mol. The minimum Gasteiger partial charge on any atom is -0.481 e. The average Bonchev–Trinajstić information content (AvgIpc) is 2.82. The summed E-state index contributed by atoms with van der Waals surface area (Å²) in [6.07, 6.45) is 4.40. The van der Waals surface area contributed by atoms with Crippen LogP contribution in [0.15, 0.2) is 77.7 Å². The van der Waals surface area contributed by atoms with E-state index in [0.29, 0.717) is 17.7 Å². The summed E-state index contributed by atoms with van der Waals surface area (Å²) in [5.74, 6) is -0.805. The van der Waals surface area contributed by atoms with Gasteiger partial charge in [-0.3, -0.25) is 4.79 Å². The molecule has 0 spiro atoms. The molecule has 0 aliphatic heterocycles. The van der Waals surface area contributed by atoms with Crippen molar-refractivity contribution in [2.45, 2.75) is 65.5 Å². The normalized spacial score (nSPS) is 14.7. The fourth-order valence-electron chi connectivity index (χ4n) is 4.01. The number of benzene rings is 2. The molecule has 0 saturated heterocycles. The molecule has 8 heteroatoms. The lowest BCUT2D eigenvalue weighted by atomic mass is 9.84. The molecule has 4 nitrogen and oxygen atoms in total. The van der Waals surface area contributed by atoms with Gasteiger partial charge in [0, 0.05) is 11.8 Å². The second kappa shape index (κ2) is 13.6. The summed E-state index contributed by atoms with van der Waals surface area (Å²) >= 11 is 0. The van der Waals surface area contributed by atoms with Crippen LogP contribution in [0.25, 0.3) is 11.1 Å². The van der Waals surface area contributed by atoms with Crippen molar-refractivity contribution in [1.29, 1.82) is 0 Å². The Morgan fingerprint density at radius 3 is 2.21 bits per heavy atom. The van der Waals surface area contributed by atoms with Crippen molar-refractivity contribution < 1.29 is 27.3 Å². The standard InChI is InChI=1S/C30H36F3NO3S/c1-6-9-22(18-21(7-2)19-28(35)36)10-8-17-38(37)34-27-16-13-24(20-26(27)29(3,4)5)23-11-14-25(15-12-23)30(31,32)33/h6,8-17,20-21,34H,7,18-19H2,1-5H3,(H,35,36)/b9-6-,17-8+,22-10+. The Kier molecular flexibility index (Phi) is 11.1. The monoisotopic (exact) mass is 547 g/mol. The van der Waals surface area contributed by atoms with Crippen molar-refractivity contribution in [2.75, 3.05) is 4.72 Å². The zero-order chi connectivity index (χ0) is 28.5. The van der Waals surface area contributed by atoms with Crippen molar-refractivity contribution >= 4 is 22.6 Å². The van der Waals surface area contributed by atoms with E-state index in [4.69, 9.17) is 5.11 Å². The molecule has 0 aromatic heterocycles. The van der Waals surface area contributed by atoms with Gasteiger partial charge in [-0.05, 0) is 71.2 Å². The van der Waals surface area contributed by atoms with Gasteiger partial charge in [-0.25, -0.2) is 4.21 Å². The molecule has 0 amide bonds. The van der Waals surface area contributed by atoms with Gasteiger partial charge in [-0.2, -0.15) is 13.2 Å². The lowest BCUT2D eigenvalue weighted by molar-refractivity contribution is -0.138. The number of nitrogens with one attached hydrogen (secondary N) is 1. The quantitative estimate of drug-likeness (QED) is 0.277. The molecule has 0 aliphatic carbocycles. The molecule has 2 unspecified atom stereocenters. The highest BCUT2D eigenvalue weighted by Gasteiger charge is 2.30. The molecule has 0 bridgehead atoms. The SMILES string of the molecule is C\C=C/C(=C\C=C\S(=O)Nc1ccc(-c2ccc(C(F)(F)F)cc2)cc1C(C)(C)C)CC(CC)CC(=O)O. The first-order valence-corrected chi connectivity index (χ1v) is 13.7. The van der Waals surface area contributed by atoms with E-state index in [2.05, 4.69) is 4.72 Å². The number of hydrogen-bond acceptors (Lipinski definition) is 2. The van der Waals surface area contributed by atoms with Gasteiger partial charge in [0.2, 0.25) is 0 Å². The number of alkyl halides is 3. The third-order valence-electron chi connectivity index (χ3n) is 6.04. The second-order valence-corrected chi connectivity index (χ2v) is 11.2. The van der Waals surface area contributed by atoms with E-state index in [0.717, 1.165) is 35.3 Å². The lowest BCUT2D eigenvalue weighted by Crippen LogP contribution is -2.15. The summed E-state index contributed by atoms with van der Waals surface area (Å²) in [7, 11) is -1.54. The fraction of sp³-hybridized carbons (Fsp3) is 0.367. The lowest BCUT2D eigenvalue weighted by Gasteiger charge is -2.24. The summed E-state index contributed by atoms with van der Waals surface area (Å²) in [6.45, 7) is 9.88. The highest BCUT2D eigenvalue weighted by molar-refractivity contribution is 7.89. The first kappa shape index (κ1) is 31.1. The zero-order valence-electron chi connectivity index (χ0n) is 22.4. The van der Waals surface area contributed by atoms with Crippen LogP contribution in [-0.2, 0) is 27.4 Å². The van der Waals surface area contributed by atoms with Crippen molar-refractivity contribution in [3.8, 4) is 11.1 Å². The highest BCUT2D eigenvalue weighted by Crippen LogP contribution is 2.35. The number of rotatable bonds is 11. The fourth-order valence-corrected chi connectivity index (χ4v) is 4.69. The molecule has 0 heterocycles. The molecule has 0 saturated carbocycles. The summed E-state index contributed by atoms with van der Waals surface area (Å²) in [5.41, 5.74) is 2.90. The Morgan fingerprint density at radius 1 is 1.05 bits per heavy atom. The Labute approximate surface area is 226 Å². The van der Waals surface area contributed by atoms with E-state index in [9.17, 15) is 22.2 Å². The van der Waals surface area contributed by atoms with Gasteiger partial charge in [0.1, 0.15) is 11.0 Å². The zero-order valence-corrected chi connectivity index (χ0v) is 23.2. The van der Waals surface area contributed by atoms with Crippen LogP contribution in [0.2, 0.25) is 0 Å². The van der Waals surface area contributed by atoms with Crippen molar-refractivity contribution in [2.24, 2.45) is 5.92 Å². The van der Waals surface area contributed by atoms with Crippen molar-refractivity contribution in [1.82, 2.24) is 0 Å². The predicted octanol–water partition coefficient (Wildman–Crippen LogP) is 8.65. The molecular weight excluding hydrogens is 511 g/mol. The summed E-state index contributed by atoms with van der Waals surface area (Å²) < 4.78 is 54.6. The number of allylic oxidation sites excluding steroid dienone is 5. The van der Waals surface area contributed by atoms with Crippen LogP contribution >= 0.6 is 0 Å². The Balaban J connectivity index is 2.24. The van der Waals surface area contributed by atoms with Crippen LogP contribution < -0.4 is 4.72 Å². The van der Waals surface area contributed by atoms with Gasteiger partial charge in [0.05, 0.1) is 11.3 Å². The van der Waals surface area contributed by atoms with Crippen LogP contribution in [0.1, 0.15) is 65.0 Å². The molecule has 0 aliphatic rings. The second-order valence-electron chi connectivity index (χ2n) is 10.1. The van der Waals surface area contributed by atoms with Crippen LogP contribution in [-0.4, -0.2) is 15.3 Å². The third kappa shape index (κ3) is 9.63. The van der Waals surface area contributed by atoms with E-state index in [1.807, 2.05) is 58.9 Å². The van der Waals surface area contributed by atoms with Crippen molar-refractivity contribution in [3.05, 3.63) is 88.9 Å².